The Kier molecular flexibility index (Phi) is 3.47. The Balaban J connectivity index is 1.67. The number of piperidine rings is 1. The van der Waals surface area contributed by atoms with Crippen molar-refractivity contribution < 1.29 is 13.2 Å². The van der Waals surface area contributed by atoms with E-state index in [4.69, 9.17) is 0 Å². The first-order chi connectivity index (χ1) is 9.65. The van der Waals surface area contributed by atoms with Crippen molar-refractivity contribution in [1.82, 2.24) is 0 Å². The molecule has 1 aliphatic heterocycles. The van der Waals surface area contributed by atoms with Gasteiger partial charge in [0.1, 0.15) is 0 Å². The Labute approximate surface area is 127 Å². The van der Waals surface area contributed by atoms with Crippen LogP contribution < -0.4 is 4.90 Å². The molecule has 1 aromatic carbocycles. The highest BCUT2D eigenvalue weighted by Crippen LogP contribution is 2.60. The zero-order valence-corrected chi connectivity index (χ0v) is 13.3. The van der Waals surface area contributed by atoms with E-state index in [-0.39, 0.29) is 16.7 Å². The fraction of sp³-hybridized carbons (Fsp3) is 0.625. The van der Waals surface area contributed by atoms with Gasteiger partial charge in [0, 0.05) is 23.7 Å². The number of thioether (sulfide) groups is 1. The second-order valence-electron chi connectivity index (χ2n) is 7.17. The second-order valence-corrected chi connectivity index (χ2v) is 8.31. The highest BCUT2D eigenvalue weighted by molar-refractivity contribution is 8.00. The summed E-state index contributed by atoms with van der Waals surface area (Å²) in [6.07, 6.45) is 0. The van der Waals surface area contributed by atoms with Crippen molar-refractivity contribution in [3.8, 4) is 0 Å². The topological polar surface area (TPSA) is 3.24 Å². The summed E-state index contributed by atoms with van der Waals surface area (Å²) in [6, 6.07) is 6.82. The van der Waals surface area contributed by atoms with Gasteiger partial charge in [-0.25, -0.2) is 0 Å². The standard InChI is InChI=1S/C16H20F3NS/c1-15(2,3)14-12-8-20(9-13(12)14)10-5-4-6-11(7-10)21-16(17,18)19/h4-7,12-14H,8-9H2,1-3H3. The first-order valence-corrected chi connectivity index (χ1v) is 8.07. The SMILES string of the molecule is CC(C)(C)C1C2CN(c3cccc(SC(F)(F)F)c3)CC21. The van der Waals surface area contributed by atoms with Crippen molar-refractivity contribution in [2.24, 2.45) is 23.2 Å². The number of rotatable bonds is 2. The average molecular weight is 315 g/mol. The van der Waals surface area contributed by atoms with Gasteiger partial charge in [0.2, 0.25) is 0 Å². The molecule has 1 aliphatic carbocycles. The van der Waals surface area contributed by atoms with Crippen LogP contribution >= 0.6 is 11.8 Å². The molecule has 1 nitrogen and oxygen atoms in total. The highest BCUT2D eigenvalue weighted by Gasteiger charge is 2.59. The average Bonchev–Trinajstić information content (AvgIpc) is 2.85. The third-order valence-corrected chi connectivity index (χ3v) is 5.33. The number of benzene rings is 1. The molecule has 1 saturated heterocycles. The maximum atomic E-state index is 12.5. The van der Waals surface area contributed by atoms with Gasteiger partial charge in [-0.15, -0.1) is 0 Å². The van der Waals surface area contributed by atoms with Crippen LogP contribution in [0.25, 0.3) is 0 Å². The molecule has 116 valence electrons. The summed E-state index contributed by atoms with van der Waals surface area (Å²) in [4.78, 5) is 2.51. The third kappa shape index (κ3) is 3.17. The molecule has 1 saturated carbocycles. The molecule has 5 heteroatoms. The molecule has 1 aromatic rings. The van der Waals surface area contributed by atoms with E-state index in [1.807, 2.05) is 6.07 Å². The summed E-state index contributed by atoms with van der Waals surface area (Å²) in [5.41, 5.74) is -2.96. The lowest BCUT2D eigenvalue weighted by molar-refractivity contribution is -0.0328. The summed E-state index contributed by atoms with van der Waals surface area (Å²) in [5.74, 6) is 2.19. The van der Waals surface area contributed by atoms with Crippen molar-refractivity contribution in [3.05, 3.63) is 24.3 Å². The second kappa shape index (κ2) is 4.83. The van der Waals surface area contributed by atoms with Gasteiger partial charge in [-0.1, -0.05) is 26.8 Å². The minimum atomic E-state index is -4.22. The number of halogens is 3. The Hall–Kier alpha value is -0.840. The Morgan fingerprint density at radius 3 is 2.24 bits per heavy atom. The molecule has 2 atom stereocenters. The molecule has 0 aromatic heterocycles. The van der Waals surface area contributed by atoms with E-state index >= 15 is 0 Å². The molecule has 3 rings (SSSR count). The van der Waals surface area contributed by atoms with E-state index in [1.54, 1.807) is 12.1 Å². The number of alkyl halides is 3. The smallest absolute Gasteiger partial charge is 0.371 e. The van der Waals surface area contributed by atoms with Crippen molar-refractivity contribution in [3.63, 3.8) is 0 Å². The van der Waals surface area contributed by atoms with E-state index in [0.717, 1.165) is 24.7 Å². The molecule has 0 amide bonds. The third-order valence-electron chi connectivity index (χ3n) is 4.61. The van der Waals surface area contributed by atoms with Crippen LogP contribution in [0.15, 0.2) is 29.2 Å². The van der Waals surface area contributed by atoms with Crippen molar-refractivity contribution in [2.45, 2.75) is 31.2 Å². The predicted molar refractivity (Wildman–Crippen MR) is 80.5 cm³/mol. The molecule has 2 aliphatic rings. The molecular formula is C16H20F3NS. The quantitative estimate of drug-likeness (QED) is 0.704. The number of hydrogen-bond acceptors (Lipinski definition) is 2. The maximum absolute atomic E-state index is 12.5. The van der Waals surface area contributed by atoms with Crippen LogP contribution in [0.5, 0.6) is 0 Å². The summed E-state index contributed by atoms with van der Waals surface area (Å²) in [7, 11) is 0. The van der Waals surface area contributed by atoms with Crippen molar-refractivity contribution in [2.75, 3.05) is 18.0 Å². The summed E-state index contributed by atoms with van der Waals surface area (Å²) in [6.45, 7) is 8.79. The van der Waals surface area contributed by atoms with E-state index in [9.17, 15) is 13.2 Å². The van der Waals surface area contributed by atoms with Crippen LogP contribution in [0.3, 0.4) is 0 Å². The van der Waals surface area contributed by atoms with Gasteiger partial charge in [0.15, 0.2) is 0 Å². The zero-order valence-electron chi connectivity index (χ0n) is 12.4. The Bertz CT molecular complexity index is 523. The number of fused-ring (bicyclic) bond motifs is 1. The monoisotopic (exact) mass is 315 g/mol. The lowest BCUT2D eigenvalue weighted by Gasteiger charge is -2.27. The molecule has 21 heavy (non-hydrogen) atoms. The van der Waals surface area contributed by atoms with Gasteiger partial charge >= 0.3 is 5.51 Å². The van der Waals surface area contributed by atoms with E-state index in [1.165, 1.54) is 6.07 Å². The van der Waals surface area contributed by atoms with Crippen molar-refractivity contribution in [1.29, 1.82) is 0 Å². The Morgan fingerprint density at radius 1 is 1.10 bits per heavy atom. The normalized spacial score (nSPS) is 28.7. The van der Waals surface area contributed by atoms with E-state index in [2.05, 4.69) is 25.7 Å². The fourth-order valence-electron chi connectivity index (χ4n) is 3.90. The van der Waals surface area contributed by atoms with E-state index in [0.29, 0.717) is 17.3 Å². The largest absolute Gasteiger partial charge is 0.446 e. The molecule has 0 N–H and O–H groups in total. The van der Waals surface area contributed by atoms with Gasteiger partial charge < -0.3 is 4.90 Å². The molecular weight excluding hydrogens is 295 g/mol. The van der Waals surface area contributed by atoms with Crippen LogP contribution in [0.2, 0.25) is 0 Å². The van der Waals surface area contributed by atoms with Crippen molar-refractivity contribution >= 4 is 17.4 Å². The molecule has 2 unspecified atom stereocenters. The van der Waals surface area contributed by atoms with Crippen LogP contribution in [0.4, 0.5) is 18.9 Å². The summed E-state index contributed by atoms with van der Waals surface area (Å²) >= 11 is -0.0362. The lowest BCUT2D eigenvalue weighted by atomic mass is 9.87. The first-order valence-electron chi connectivity index (χ1n) is 7.26. The highest BCUT2D eigenvalue weighted by atomic mass is 32.2. The fourth-order valence-corrected chi connectivity index (χ4v) is 4.49. The van der Waals surface area contributed by atoms with Gasteiger partial charge in [-0.05, 0) is 53.1 Å². The Morgan fingerprint density at radius 2 is 1.71 bits per heavy atom. The number of nitrogens with zero attached hydrogens (tertiary/aromatic N) is 1. The van der Waals surface area contributed by atoms with Gasteiger partial charge in [0.05, 0.1) is 0 Å². The van der Waals surface area contributed by atoms with Crippen LogP contribution in [0, 0.1) is 23.2 Å². The minimum absolute atomic E-state index is 0.0362. The van der Waals surface area contributed by atoms with Gasteiger partial charge in [-0.2, -0.15) is 13.2 Å². The van der Waals surface area contributed by atoms with Gasteiger partial charge in [0.25, 0.3) is 0 Å². The number of hydrogen-bond donors (Lipinski definition) is 0. The lowest BCUT2D eigenvalue weighted by Crippen LogP contribution is -2.27. The van der Waals surface area contributed by atoms with Crippen LogP contribution in [-0.4, -0.2) is 18.6 Å². The zero-order chi connectivity index (χ0) is 15.4. The van der Waals surface area contributed by atoms with Crippen LogP contribution in [-0.2, 0) is 0 Å². The summed E-state index contributed by atoms with van der Waals surface area (Å²) < 4.78 is 37.4. The molecule has 1 heterocycles. The summed E-state index contributed by atoms with van der Waals surface area (Å²) in [5, 5.41) is 0. The first kappa shape index (κ1) is 15.1. The minimum Gasteiger partial charge on any atom is -0.371 e. The molecule has 0 bridgehead atoms. The number of anilines is 1. The van der Waals surface area contributed by atoms with E-state index < -0.39 is 5.51 Å². The maximum Gasteiger partial charge on any atom is 0.446 e. The molecule has 0 spiro atoms. The predicted octanol–water partition coefficient (Wildman–Crippen LogP) is 5.03. The molecule has 0 radical (unpaired) electrons. The van der Waals surface area contributed by atoms with Gasteiger partial charge in [-0.3, -0.25) is 0 Å². The van der Waals surface area contributed by atoms with Crippen LogP contribution in [0.1, 0.15) is 20.8 Å². The molecule has 2 fully saturated rings.